The van der Waals surface area contributed by atoms with Gasteiger partial charge in [-0.3, -0.25) is 0 Å². The van der Waals surface area contributed by atoms with Crippen LogP contribution in [0.1, 0.15) is 11.4 Å². The summed E-state index contributed by atoms with van der Waals surface area (Å²) in [6.45, 7) is 3.76. The van der Waals surface area contributed by atoms with E-state index in [0.717, 1.165) is 11.4 Å². The summed E-state index contributed by atoms with van der Waals surface area (Å²) >= 11 is 1.28. The van der Waals surface area contributed by atoms with Crippen LogP contribution >= 0.6 is 11.8 Å². The second-order valence-corrected chi connectivity index (χ2v) is 6.85. The fraction of sp³-hybridized carbons (Fsp3) is 0.167. The van der Waals surface area contributed by atoms with Crippen molar-refractivity contribution in [2.75, 3.05) is 5.73 Å². The molecule has 1 aromatic heterocycles. The van der Waals surface area contributed by atoms with Crippen LogP contribution in [0.2, 0.25) is 0 Å². The molecule has 20 heavy (non-hydrogen) atoms. The maximum Gasteiger partial charge on any atom is 0.238 e. The Balaban J connectivity index is 2.35. The highest BCUT2D eigenvalue weighted by Crippen LogP contribution is 2.31. The number of anilines is 1. The normalized spacial score (nSPS) is 11.6. The van der Waals surface area contributed by atoms with Gasteiger partial charge < -0.3 is 5.73 Å². The fourth-order valence-corrected chi connectivity index (χ4v) is 3.07. The lowest BCUT2D eigenvalue weighted by molar-refractivity contribution is 0.598. The van der Waals surface area contributed by atoms with Gasteiger partial charge in [0.05, 0.1) is 4.90 Å². The third-order valence-corrected chi connectivity index (χ3v) is 4.34. The Morgan fingerprint density at radius 3 is 2.20 bits per heavy atom. The second kappa shape index (κ2) is 5.39. The van der Waals surface area contributed by atoms with Crippen LogP contribution in [-0.2, 0) is 10.0 Å². The molecule has 0 saturated carbocycles. The van der Waals surface area contributed by atoms with Gasteiger partial charge in [-0.05, 0) is 49.9 Å². The van der Waals surface area contributed by atoms with Crippen molar-refractivity contribution < 1.29 is 8.42 Å². The molecule has 0 aliphatic carbocycles. The smallest absolute Gasteiger partial charge is 0.238 e. The average molecular weight is 310 g/mol. The number of nitrogens with zero attached hydrogens (tertiary/aromatic N) is 2. The summed E-state index contributed by atoms with van der Waals surface area (Å²) in [7, 11) is -3.75. The van der Waals surface area contributed by atoms with E-state index in [1.165, 1.54) is 23.9 Å². The Bertz CT molecular complexity index is 740. The Kier molecular flexibility index (Phi) is 3.98. The Labute approximate surface area is 121 Å². The second-order valence-electron chi connectivity index (χ2n) is 4.28. The number of hydrogen-bond acceptors (Lipinski definition) is 6. The number of aryl methyl sites for hydroxylation is 2. The van der Waals surface area contributed by atoms with Gasteiger partial charge in [-0.25, -0.2) is 23.5 Å². The Morgan fingerprint density at radius 1 is 1.10 bits per heavy atom. The largest absolute Gasteiger partial charge is 0.398 e. The van der Waals surface area contributed by atoms with Crippen molar-refractivity contribution >= 4 is 27.5 Å². The van der Waals surface area contributed by atoms with Gasteiger partial charge in [-0.15, -0.1) is 0 Å². The maximum atomic E-state index is 11.2. The first kappa shape index (κ1) is 14.8. The predicted molar refractivity (Wildman–Crippen MR) is 77.9 cm³/mol. The Morgan fingerprint density at radius 2 is 1.70 bits per heavy atom. The van der Waals surface area contributed by atoms with Gasteiger partial charge in [0.2, 0.25) is 10.0 Å². The molecule has 8 heteroatoms. The van der Waals surface area contributed by atoms with Crippen molar-refractivity contribution in [2.45, 2.75) is 28.8 Å². The third kappa shape index (κ3) is 3.47. The van der Waals surface area contributed by atoms with Crippen molar-refractivity contribution in [3.05, 3.63) is 35.7 Å². The lowest BCUT2D eigenvalue weighted by Crippen LogP contribution is -2.12. The minimum Gasteiger partial charge on any atom is -0.398 e. The van der Waals surface area contributed by atoms with Gasteiger partial charge >= 0.3 is 0 Å². The fourth-order valence-electron chi connectivity index (χ4n) is 1.63. The van der Waals surface area contributed by atoms with Crippen molar-refractivity contribution in [2.24, 2.45) is 5.14 Å². The van der Waals surface area contributed by atoms with E-state index in [0.29, 0.717) is 15.7 Å². The van der Waals surface area contributed by atoms with E-state index in [9.17, 15) is 8.42 Å². The van der Waals surface area contributed by atoms with E-state index in [-0.39, 0.29) is 4.90 Å². The monoisotopic (exact) mass is 310 g/mol. The van der Waals surface area contributed by atoms with Crippen molar-refractivity contribution in [1.29, 1.82) is 0 Å². The van der Waals surface area contributed by atoms with E-state index >= 15 is 0 Å². The molecule has 1 aromatic carbocycles. The first-order valence-electron chi connectivity index (χ1n) is 5.68. The number of nitrogen functional groups attached to an aromatic ring is 1. The van der Waals surface area contributed by atoms with E-state index in [1.807, 2.05) is 19.9 Å². The summed E-state index contributed by atoms with van der Waals surface area (Å²) in [6, 6.07) is 6.22. The van der Waals surface area contributed by atoms with Gasteiger partial charge in [0.1, 0.15) is 0 Å². The molecule has 0 atom stereocenters. The highest BCUT2D eigenvalue weighted by molar-refractivity contribution is 7.99. The summed E-state index contributed by atoms with van der Waals surface area (Å²) in [5.74, 6) is 0. The minimum atomic E-state index is -3.75. The molecule has 106 valence electrons. The summed E-state index contributed by atoms with van der Waals surface area (Å²) in [4.78, 5) is 9.26. The van der Waals surface area contributed by atoms with Crippen LogP contribution in [0.15, 0.2) is 39.2 Å². The van der Waals surface area contributed by atoms with Crippen LogP contribution in [0.4, 0.5) is 5.69 Å². The predicted octanol–water partition coefficient (Wildman–Crippen LogP) is 1.47. The molecule has 0 fully saturated rings. The van der Waals surface area contributed by atoms with Gasteiger partial charge in [0, 0.05) is 22.0 Å². The highest BCUT2D eigenvalue weighted by atomic mass is 32.2. The van der Waals surface area contributed by atoms with E-state index in [2.05, 4.69) is 9.97 Å². The van der Waals surface area contributed by atoms with Crippen LogP contribution in [0.25, 0.3) is 0 Å². The van der Waals surface area contributed by atoms with Crippen LogP contribution < -0.4 is 10.9 Å². The van der Waals surface area contributed by atoms with Gasteiger partial charge in [-0.2, -0.15) is 0 Å². The summed E-state index contributed by atoms with van der Waals surface area (Å²) in [6.07, 6.45) is 0. The molecule has 0 unspecified atom stereocenters. The van der Waals surface area contributed by atoms with Gasteiger partial charge in [0.15, 0.2) is 5.16 Å². The lowest BCUT2D eigenvalue weighted by Gasteiger charge is -2.07. The zero-order valence-corrected chi connectivity index (χ0v) is 12.6. The van der Waals surface area contributed by atoms with Crippen LogP contribution in [0.3, 0.4) is 0 Å². The molecule has 0 bridgehead atoms. The molecule has 6 nitrogen and oxygen atoms in total. The van der Waals surface area contributed by atoms with E-state index < -0.39 is 10.0 Å². The molecule has 2 aromatic rings. The first-order valence-corrected chi connectivity index (χ1v) is 8.04. The number of rotatable bonds is 3. The molecule has 0 radical (unpaired) electrons. The molecule has 0 spiro atoms. The summed E-state index contributed by atoms with van der Waals surface area (Å²) in [5, 5.41) is 5.62. The third-order valence-electron chi connectivity index (χ3n) is 2.47. The van der Waals surface area contributed by atoms with Crippen molar-refractivity contribution in [3.8, 4) is 0 Å². The summed E-state index contributed by atoms with van der Waals surface area (Å²) in [5.41, 5.74) is 7.89. The van der Waals surface area contributed by atoms with Crippen LogP contribution in [-0.4, -0.2) is 18.4 Å². The number of hydrogen-bond donors (Lipinski definition) is 2. The van der Waals surface area contributed by atoms with Crippen LogP contribution in [0.5, 0.6) is 0 Å². The SMILES string of the molecule is Cc1cc(C)nc(Sc2ccc(S(N)(=O)=O)cc2N)n1. The molecule has 2 rings (SSSR count). The molecule has 0 amide bonds. The van der Waals surface area contributed by atoms with Crippen LogP contribution in [0, 0.1) is 13.8 Å². The average Bonchev–Trinajstić information content (AvgIpc) is 2.29. The zero-order chi connectivity index (χ0) is 14.9. The van der Waals surface area contributed by atoms with Crippen molar-refractivity contribution in [3.63, 3.8) is 0 Å². The molecule has 0 aliphatic rings. The molecule has 0 saturated heterocycles. The zero-order valence-electron chi connectivity index (χ0n) is 11.0. The standard InChI is InChI=1S/C12H14N4O2S2/c1-7-5-8(2)16-12(15-7)19-11-4-3-9(6-10(11)13)20(14,17)18/h3-6H,13H2,1-2H3,(H2,14,17,18). The number of nitrogens with two attached hydrogens (primary N) is 2. The maximum absolute atomic E-state index is 11.2. The van der Waals surface area contributed by atoms with Crippen molar-refractivity contribution in [1.82, 2.24) is 9.97 Å². The quantitative estimate of drug-likeness (QED) is 0.656. The molecule has 0 aliphatic heterocycles. The number of aromatic nitrogens is 2. The highest BCUT2D eigenvalue weighted by Gasteiger charge is 2.12. The molecule has 1 heterocycles. The summed E-state index contributed by atoms with van der Waals surface area (Å²) < 4.78 is 22.5. The first-order chi connectivity index (χ1) is 9.25. The van der Waals surface area contributed by atoms with Gasteiger partial charge in [0.25, 0.3) is 0 Å². The van der Waals surface area contributed by atoms with E-state index in [1.54, 1.807) is 6.07 Å². The number of sulfonamides is 1. The number of benzene rings is 1. The lowest BCUT2D eigenvalue weighted by atomic mass is 10.3. The Hall–Kier alpha value is -1.64. The minimum absolute atomic E-state index is 0.0132. The van der Waals surface area contributed by atoms with E-state index in [4.69, 9.17) is 10.9 Å². The number of primary sulfonamides is 1. The molecular formula is C12H14N4O2S2. The van der Waals surface area contributed by atoms with Gasteiger partial charge in [-0.1, -0.05) is 0 Å². The molecule has 4 N–H and O–H groups in total. The molecular weight excluding hydrogens is 296 g/mol. The topological polar surface area (TPSA) is 112 Å².